The highest BCUT2D eigenvalue weighted by atomic mass is 79.9. The van der Waals surface area contributed by atoms with Crippen molar-refractivity contribution >= 4 is 66.5 Å². The molecule has 0 saturated carbocycles. The number of carbonyl (C=O) groups is 1. The average Bonchev–Trinajstić information content (AvgIpc) is 3.15. The molecule has 3 aromatic rings. The first-order valence-electron chi connectivity index (χ1n) is 10.9. The van der Waals surface area contributed by atoms with Crippen LogP contribution in [0.4, 0.5) is 5.69 Å². The normalized spacial score (nSPS) is 15.5. The van der Waals surface area contributed by atoms with Gasteiger partial charge in [0.25, 0.3) is 5.91 Å². The average molecular weight is 616 g/mol. The molecule has 1 saturated heterocycles. The summed E-state index contributed by atoms with van der Waals surface area (Å²) in [6.07, 6.45) is 1.82. The molecule has 4 rings (SSSR count). The zero-order chi connectivity index (χ0) is 25.1. The standard InChI is InChI=1S/C27H24Br2N2O3S/c1-15-5-7-18(8-6-15)14-34-25-21(28)11-19(12-22(25)33-4)13-23-26(32)31-27(35-23)30-20-9-16(2)24(29)17(3)10-20/h5-13H,14H2,1-4H3,(H,30,31,32)/b23-13-. The molecule has 0 aliphatic carbocycles. The number of hydrogen-bond acceptors (Lipinski definition) is 5. The lowest BCUT2D eigenvalue weighted by molar-refractivity contribution is -0.115. The van der Waals surface area contributed by atoms with Gasteiger partial charge < -0.3 is 14.8 Å². The van der Waals surface area contributed by atoms with Crippen molar-refractivity contribution in [1.29, 1.82) is 0 Å². The Morgan fingerprint density at radius 2 is 1.71 bits per heavy atom. The summed E-state index contributed by atoms with van der Waals surface area (Å²) < 4.78 is 13.4. The quantitative estimate of drug-likeness (QED) is 0.290. The van der Waals surface area contributed by atoms with Crippen molar-refractivity contribution in [2.75, 3.05) is 7.11 Å². The molecule has 1 aliphatic heterocycles. The van der Waals surface area contributed by atoms with Crippen molar-refractivity contribution in [3.8, 4) is 11.5 Å². The number of amides is 1. The summed E-state index contributed by atoms with van der Waals surface area (Å²) in [7, 11) is 1.60. The second-order valence-electron chi connectivity index (χ2n) is 8.18. The fourth-order valence-electron chi connectivity index (χ4n) is 3.54. The van der Waals surface area contributed by atoms with Gasteiger partial charge in [-0.3, -0.25) is 4.79 Å². The van der Waals surface area contributed by atoms with E-state index in [1.807, 2.05) is 56.3 Å². The molecule has 0 aromatic heterocycles. The summed E-state index contributed by atoms with van der Waals surface area (Å²) in [5.41, 5.74) is 6.07. The van der Waals surface area contributed by atoms with E-state index in [2.05, 4.69) is 61.2 Å². The molecule has 180 valence electrons. The Kier molecular flexibility index (Phi) is 8.04. The van der Waals surface area contributed by atoms with Gasteiger partial charge in [0.2, 0.25) is 0 Å². The molecule has 3 aromatic carbocycles. The van der Waals surface area contributed by atoms with Crippen molar-refractivity contribution in [2.45, 2.75) is 27.4 Å². The van der Waals surface area contributed by atoms with E-state index in [0.717, 1.165) is 36.9 Å². The number of carbonyl (C=O) groups excluding carboxylic acids is 1. The number of hydrogen-bond donors (Lipinski definition) is 1. The van der Waals surface area contributed by atoms with E-state index in [1.165, 1.54) is 17.3 Å². The van der Waals surface area contributed by atoms with Crippen molar-refractivity contribution in [3.63, 3.8) is 0 Å². The number of aliphatic imine (C=N–C) groups is 1. The van der Waals surface area contributed by atoms with Gasteiger partial charge in [0.15, 0.2) is 16.7 Å². The van der Waals surface area contributed by atoms with E-state index in [1.54, 1.807) is 7.11 Å². The number of nitrogens with zero attached hydrogens (tertiary/aromatic N) is 1. The number of rotatable bonds is 6. The monoisotopic (exact) mass is 614 g/mol. The van der Waals surface area contributed by atoms with Crippen molar-refractivity contribution in [1.82, 2.24) is 5.32 Å². The summed E-state index contributed by atoms with van der Waals surface area (Å²) in [5, 5.41) is 3.40. The molecule has 0 spiro atoms. The molecule has 0 radical (unpaired) electrons. The van der Waals surface area contributed by atoms with E-state index in [4.69, 9.17) is 9.47 Å². The summed E-state index contributed by atoms with van der Waals surface area (Å²) in [6, 6.07) is 15.9. The van der Waals surface area contributed by atoms with Crippen molar-refractivity contribution < 1.29 is 14.3 Å². The van der Waals surface area contributed by atoms with E-state index in [-0.39, 0.29) is 5.91 Å². The molecule has 0 atom stereocenters. The molecule has 35 heavy (non-hydrogen) atoms. The fraction of sp³-hybridized carbons (Fsp3) is 0.185. The van der Waals surface area contributed by atoms with Crippen LogP contribution in [0.1, 0.15) is 27.8 Å². The predicted molar refractivity (Wildman–Crippen MR) is 151 cm³/mol. The van der Waals surface area contributed by atoms with E-state index in [9.17, 15) is 4.79 Å². The third kappa shape index (κ3) is 6.18. The molecule has 1 amide bonds. The van der Waals surface area contributed by atoms with E-state index >= 15 is 0 Å². The number of benzene rings is 3. The molecular formula is C27H24Br2N2O3S. The number of ether oxygens (including phenoxy) is 2. The number of thioether (sulfide) groups is 1. The molecule has 0 unspecified atom stereocenters. The summed E-state index contributed by atoms with van der Waals surface area (Å²) >= 11 is 8.48. The largest absolute Gasteiger partial charge is 0.493 e. The van der Waals surface area contributed by atoms with Crippen LogP contribution in [0.5, 0.6) is 11.5 Å². The van der Waals surface area contributed by atoms with Crippen LogP contribution in [-0.2, 0) is 11.4 Å². The second-order valence-corrected chi connectivity index (χ2v) is 10.9. The Hall–Kier alpha value is -2.55. The van der Waals surface area contributed by atoms with Gasteiger partial charge in [-0.25, -0.2) is 4.99 Å². The van der Waals surface area contributed by atoms with Gasteiger partial charge in [-0.15, -0.1) is 0 Å². The van der Waals surface area contributed by atoms with Gasteiger partial charge in [-0.05, 0) is 101 Å². The predicted octanol–water partition coefficient (Wildman–Crippen LogP) is 7.62. The Bertz CT molecular complexity index is 1330. The Balaban J connectivity index is 1.54. The van der Waals surface area contributed by atoms with Crippen molar-refractivity contribution in [2.24, 2.45) is 4.99 Å². The van der Waals surface area contributed by atoms with Gasteiger partial charge in [-0.2, -0.15) is 0 Å². The van der Waals surface area contributed by atoms with Crippen LogP contribution in [0.3, 0.4) is 0 Å². The third-order valence-electron chi connectivity index (χ3n) is 5.36. The molecular weight excluding hydrogens is 592 g/mol. The summed E-state index contributed by atoms with van der Waals surface area (Å²) in [6.45, 7) is 6.51. The van der Waals surface area contributed by atoms with Gasteiger partial charge in [0.05, 0.1) is 22.2 Å². The lowest BCUT2D eigenvalue weighted by atomic mass is 10.1. The maximum absolute atomic E-state index is 12.6. The van der Waals surface area contributed by atoms with Crippen LogP contribution in [0, 0.1) is 20.8 Å². The van der Waals surface area contributed by atoms with Crippen molar-refractivity contribution in [3.05, 3.63) is 90.2 Å². The minimum absolute atomic E-state index is 0.186. The SMILES string of the molecule is COc1cc(/C=C2\SC(=Nc3cc(C)c(Br)c(C)c3)NC2=O)cc(Br)c1OCc1ccc(C)cc1. The molecule has 5 nitrogen and oxygen atoms in total. The summed E-state index contributed by atoms with van der Waals surface area (Å²) in [5.74, 6) is 1.01. The Morgan fingerprint density at radius 1 is 1.03 bits per heavy atom. The van der Waals surface area contributed by atoms with Crippen LogP contribution in [0.25, 0.3) is 6.08 Å². The lowest BCUT2D eigenvalue weighted by Crippen LogP contribution is -2.19. The number of halogens is 2. The highest BCUT2D eigenvalue weighted by molar-refractivity contribution is 9.10. The third-order valence-corrected chi connectivity index (χ3v) is 8.11. The molecule has 1 aliphatic rings. The minimum Gasteiger partial charge on any atom is -0.493 e. The van der Waals surface area contributed by atoms with Crippen LogP contribution in [-0.4, -0.2) is 18.2 Å². The number of methoxy groups -OCH3 is 1. The summed E-state index contributed by atoms with van der Waals surface area (Å²) in [4.78, 5) is 17.8. The molecule has 8 heteroatoms. The topological polar surface area (TPSA) is 59.9 Å². The lowest BCUT2D eigenvalue weighted by Gasteiger charge is -2.14. The molecule has 0 bridgehead atoms. The zero-order valence-electron chi connectivity index (χ0n) is 19.7. The highest BCUT2D eigenvalue weighted by Gasteiger charge is 2.24. The van der Waals surface area contributed by atoms with Gasteiger partial charge in [0, 0.05) is 4.47 Å². The maximum Gasteiger partial charge on any atom is 0.264 e. The van der Waals surface area contributed by atoms with Crippen LogP contribution in [0.2, 0.25) is 0 Å². The number of amidine groups is 1. The first kappa shape index (κ1) is 25.5. The zero-order valence-corrected chi connectivity index (χ0v) is 23.7. The number of aryl methyl sites for hydroxylation is 3. The maximum atomic E-state index is 12.6. The highest BCUT2D eigenvalue weighted by Crippen LogP contribution is 2.39. The number of nitrogens with one attached hydrogen (secondary N) is 1. The first-order chi connectivity index (χ1) is 16.7. The smallest absolute Gasteiger partial charge is 0.264 e. The Morgan fingerprint density at radius 3 is 2.37 bits per heavy atom. The first-order valence-corrected chi connectivity index (χ1v) is 13.3. The molecule has 1 fully saturated rings. The Labute approximate surface area is 226 Å². The van der Waals surface area contributed by atoms with Crippen LogP contribution >= 0.6 is 43.6 Å². The second kappa shape index (κ2) is 11.0. The van der Waals surface area contributed by atoms with Gasteiger partial charge in [-0.1, -0.05) is 45.8 Å². The fourth-order valence-corrected chi connectivity index (χ4v) is 5.18. The van der Waals surface area contributed by atoms with E-state index in [0.29, 0.717) is 28.2 Å². The molecule has 1 N–H and O–H groups in total. The molecule has 1 heterocycles. The van der Waals surface area contributed by atoms with Crippen LogP contribution in [0.15, 0.2) is 67.4 Å². The minimum atomic E-state index is -0.186. The van der Waals surface area contributed by atoms with Gasteiger partial charge >= 0.3 is 0 Å². The van der Waals surface area contributed by atoms with Crippen LogP contribution < -0.4 is 14.8 Å². The van der Waals surface area contributed by atoms with E-state index < -0.39 is 0 Å². The van der Waals surface area contributed by atoms with Gasteiger partial charge in [0.1, 0.15) is 6.61 Å².